The summed E-state index contributed by atoms with van der Waals surface area (Å²) in [5.74, 6) is 0.452. The molecule has 8 nitrogen and oxygen atoms in total. The number of nitrogens with one attached hydrogen (secondary N) is 2. The molecular weight excluding hydrogens is 400 g/mol. The molecule has 0 aliphatic carbocycles. The van der Waals surface area contributed by atoms with Gasteiger partial charge in [0.2, 0.25) is 11.0 Å². The lowest BCUT2D eigenvalue weighted by atomic mass is 10.1. The highest BCUT2D eigenvalue weighted by Crippen LogP contribution is 2.26. The second-order valence-corrected chi connectivity index (χ2v) is 7.56. The van der Waals surface area contributed by atoms with Crippen molar-refractivity contribution in [2.24, 2.45) is 0 Å². The largest absolute Gasteiger partial charge is 0.379 e. The number of carbonyl (C=O) groups is 1. The normalized spacial score (nSPS) is 14.3. The lowest BCUT2D eigenvalue weighted by Crippen LogP contribution is -2.35. The fourth-order valence-electron chi connectivity index (χ4n) is 3.20. The van der Waals surface area contributed by atoms with Crippen molar-refractivity contribution in [2.75, 3.05) is 36.9 Å². The molecule has 0 saturated carbocycles. The number of nitrogens with zero attached hydrogens (tertiary/aromatic N) is 4. The predicted octanol–water partition coefficient (Wildman–Crippen LogP) is 3.30. The van der Waals surface area contributed by atoms with Crippen LogP contribution in [0.5, 0.6) is 0 Å². The third-order valence-corrected chi connectivity index (χ3v) is 5.18. The molecule has 154 valence electrons. The van der Waals surface area contributed by atoms with Crippen molar-refractivity contribution in [2.45, 2.75) is 6.54 Å². The summed E-state index contributed by atoms with van der Waals surface area (Å²) in [7, 11) is 0. The van der Waals surface area contributed by atoms with Crippen molar-refractivity contribution < 1.29 is 9.53 Å². The fraction of sp³-hybridized carbons (Fsp3) is 0.238. The first-order valence-corrected chi connectivity index (χ1v) is 10.4. The molecule has 1 amide bonds. The Morgan fingerprint density at radius 2 is 2.13 bits per heavy atom. The molecule has 0 bridgehead atoms. The molecule has 4 rings (SSSR count). The molecule has 3 aromatic rings. The Balaban J connectivity index is 1.65. The van der Waals surface area contributed by atoms with E-state index in [1.54, 1.807) is 0 Å². The van der Waals surface area contributed by atoms with Gasteiger partial charge in [-0.05, 0) is 35.9 Å². The molecule has 1 aromatic carbocycles. The van der Waals surface area contributed by atoms with Crippen molar-refractivity contribution in [1.82, 2.24) is 19.2 Å². The fourth-order valence-corrected chi connectivity index (χ4v) is 3.63. The zero-order chi connectivity index (χ0) is 20.8. The first kappa shape index (κ1) is 20.1. The van der Waals surface area contributed by atoms with Crippen LogP contribution in [0.15, 0.2) is 55.4 Å². The number of anilines is 3. The van der Waals surface area contributed by atoms with Crippen molar-refractivity contribution >= 4 is 34.1 Å². The van der Waals surface area contributed by atoms with Crippen LogP contribution in [-0.4, -0.2) is 51.5 Å². The Morgan fingerprint density at radius 3 is 2.90 bits per heavy atom. The maximum Gasteiger partial charge on any atom is 0.247 e. The Bertz CT molecular complexity index is 1020. The molecule has 3 heterocycles. The third kappa shape index (κ3) is 5.26. The maximum absolute atomic E-state index is 11.7. The van der Waals surface area contributed by atoms with E-state index in [9.17, 15) is 4.79 Å². The van der Waals surface area contributed by atoms with Gasteiger partial charge >= 0.3 is 0 Å². The van der Waals surface area contributed by atoms with E-state index < -0.39 is 0 Å². The van der Waals surface area contributed by atoms with Crippen molar-refractivity contribution in [3.8, 4) is 11.3 Å². The van der Waals surface area contributed by atoms with Crippen LogP contribution in [0, 0.1) is 0 Å². The first-order chi connectivity index (χ1) is 14.7. The number of benzene rings is 1. The topological polar surface area (TPSA) is 92.3 Å². The van der Waals surface area contributed by atoms with Crippen molar-refractivity contribution in [3.63, 3.8) is 0 Å². The summed E-state index contributed by atoms with van der Waals surface area (Å²) in [4.78, 5) is 23.0. The molecular formula is C21H22N6O2S. The summed E-state index contributed by atoms with van der Waals surface area (Å²) >= 11 is 1.28. The Kier molecular flexibility index (Phi) is 6.43. The summed E-state index contributed by atoms with van der Waals surface area (Å²) in [6, 6.07) is 11.7. The van der Waals surface area contributed by atoms with Crippen LogP contribution in [0.1, 0.15) is 5.56 Å². The second kappa shape index (κ2) is 9.57. The van der Waals surface area contributed by atoms with Gasteiger partial charge in [-0.2, -0.15) is 4.37 Å². The minimum absolute atomic E-state index is 0.250. The zero-order valence-electron chi connectivity index (χ0n) is 16.4. The van der Waals surface area contributed by atoms with Crippen LogP contribution in [0.4, 0.5) is 16.6 Å². The van der Waals surface area contributed by atoms with E-state index in [-0.39, 0.29) is 5.91 Å². The maximum atomic E-state index is 11.7. The number of hydrogen-bond acceptors (Lipinski definition) is 8. The van der Waals surface area contributed by atoms with Gasteiger partial charge in [0, 0.05) is 42.4 Å². The van der Waals surface area contributed by atoms with Gasteiger partial charge in [-0.1, -0.05) is 18.7 Å². The smallest absolute Gasteiger partial charge is 0.247 e. The van der Waals surface area contributed by atoms with E-state index in [0.717, 1.165) is 49.7 Å². The molecule has 0 unspecified atom stereocenters. The molecule has 0 atom stereocenters. The highest BCUT2D eigenvalue weighted by atomic mass is 32.1. The number of rotatable bonds is 7. The summed E-state index contributed by atoms with van der Waals surface area (Å²) in [6.07, 6.45) is 2.76. The number of morpholine rings is 1. The predicted molar refractivity (Wildman–Crippen MR) is 118 cm³/mol. The highest BCUT2D eigenvalue weighted by molar-refractivity contribution is 7.09. The van der Waals surface area contributed by atoms with Gasteiger partial charge in [-0.15, -0.1) is 0 Å². The van der Waals surface area contributed by atoms with Crippen LogP contribution in [0.25, 0.3) is 11.3 Å². The summed E-state index contributed by atoms with van der Waals surface area (Å²) in [5, 5.41) is 6.71. The third-order valence-electron chi connectivity index (χ3n) is 4.60. The summed E-state index contributed by atoms with van der Waals surface area (Å²) in [5.41, 5.74) is 3.54. The second-order valence-electron chi connectivity index (χ2n) is 6.78. The molecule has 0 radical (unpaired) electrons. The van der Waals surface area contributed by atoms with Crippen LogP contribution in [0.3, 0.4) is 0 Å². The number of hydrogen-bond donors (Lipinski definition) is 2. The number of carbonyl (C=O) groups excluding carboxylic acids is 1. The zero-order valence-corrected chi connectivity index (χ0v) is 17.2. The Hall–Kier alpha value is -3.14. The first-order valence-electron chi connectivity index (χ1n) is 9.58. The number of ether oxygens (including phenoxy) is 1. The quantitative estimate of drug-likeness (QED) is 0.565. The standard InChI is InChI=1S/C21H22N6O2S/c1-2-20(28)24-17-5-3-4-16(12-17)18-10-15(13-27-6-8-29-9-7-27)11-19(25-18)26-21-22-14-23-30-21/h2-5,10-12,14H,1,6-9,13H2,(H,24,28)(H,22,23,25,26). The van der Waals surface area contributed by atoms with Gasteiger partial charge in [-0.25, -0.2) is 9.97 Å². The highest BCUT2D eigenvalue weighted by Gasteiger charge is 2.14. The average Bonchev–Trinajstić information content (AvgIpc) is 3.27. The molecule has 30 heavy (non-hydrogen) atoms. The van der Waals surface area contributed by atoms with E-state index in [1.165, 1.54) is 23.9 Å². The minimum atomic E-state index is -0.250. The molecule has 1 fully saturated rings. The molecule has 9 heteroatoms. The van der Waals surface area contributed by atoms with E-state index in [4.69, 9.17) is 9.72 Å². The van der Waals surface area contributed by atoms with E-state index in [1.807, 2.05) is 30.3 Å². The van der Waals surface area contributed by atoms with Gasteiger partial charge in [0.05, 0.1) is 18.9 Å². The molecule has 2 N–H and O–H groups in total. The number of aromatic nitrogens is 3. The van der Waals surface area contributed by atoms with Crippen molar-refractivity contribution in [1.29, 1.82) is 0 Å². The van der Waals surface area contributed by atoms with Crippen LogP contribution in [-0.2, 0) is 16.1 Å². The van der Waals surface area contributed by atoms with Gasteiger partial charge < -0.3 is 15.4 Å². The molecule has 1 saturated heterocycles. The van der Waals surface area contributed by atoms with E-state index in [2.05, 4.69) is 37.5 Å². The number of amides is 1. The summed E-state index contributed by atoms with van der Waals surface area (Å²) in [6.45, 7) is 7.60. The van der Waals surface area contributed by atoms with Gasteiger partial charge in [0.15, 0.2) is 0 Å². The molecule has 2 aromatic heterocycles. The van der Waals surface area contributed by atoms with Gasteiger partial charge in [0.25, 0.3) is 0 Å². The van der Waals surface area contributed by atoms with Gasteiger partial charge in [0.1, 0.15) is 12.1 Å². The van der Waals surface area contributed by atoms with Crippen LogP contribution < -0.4 is 10.6 Å². The number of pyridine rings is 1. The van der Waals surface area contributed by atoms with E-state index >= 15 is 0 Å². The average molecular weight is 423 g/mol. The van der Waals surface area contributed by atoms with Crippen LogP contribution >= 0.6 is 11.5 Å². The molecule has 0 spiro atoms. The van der Waals surface area contributed by atoms with Gasteiger partial charge in [-0.3, -0.25) is 9.69 Å². The van der Waals surface area contributed by atoms with E-state index in [0.29, 0.717) is 16.6 Å². The Labute approximate surface area is 178 Å². The minimum Gasteiger partial charge on any atom is -0.379 e. The molecule has 1 aliphatic rings. The van der Waals surface area contributed by atoms with Crippen LogP contribution in [0.2, 0.25) is 0 Å². The summed E-state index contributed by atoms with van der Waals surface area (Å²) < 4.78 is 9.49. The van der Waals surface area contributed by atoms with Crippen molar-refractivity contribution in [3.05, 3.63) is 60.9 Å². The molecule has 1 aliphatic heterocycles. The lowest BCUT2D eigenvalue weighted by molar-refractivity contribution is -0.111. The monoisotopic (exact) mass is 422 g/mol. The Morgan fingerprint density at radius 1 is 1.27 bits per heavy atom. The SMILES string of the molecule is C=CC(=O)Nc1cccc(-c2cc(CN3CCOCC3)cc(Nc3ncns3)n2)c1. The lowest BCUT2D eigenvalue weighted by Gasteiger charge is -2.26.